The van der Waals surface area contributed by atoms with Crippen molar-refractivity contribution in [3.63, 3.8) is 0 Å². The highest BCUT2D eigenvalue weighted by Crippen LogP contribution is 2.28. The lowest BCUT2D eigenvalue weighted by atomic mass is 10.2. The predicted octanol–water partition coefficient (Wildman–Crippen LogP) is 4.02. The van der Waals surface area contributed by atoms with E-state index in [9.17, 15) is 17.2 Å². The highest BCUT2D eigenvalue weighted by Gasteiger charge is 2.31. The minimum atomic E-state index is -3.83. The number of alkyl halides is 2. The maximum atomic E-state index is 13.4. The lowest BCUT2D eigenvalue weighted by Crippen LogP contribution is -2.47. The zero-order chi connectivity index (χ0) is 22.7. The Morgan fingerprint density at radius 1 is 1.19 bits per heavy atom. The Bertz CT molecular complexity index is 1170. The number of halogens is 3. The Hall–Kier alpha value is -2.28. The summed E-state index contributed by atoms with van der Waals surface area (Å²) in [6.45, 7) is 0.791. The highest BCUT2D eigenvalue weighted by molar-refractivity contribution is 7.99. The van der Waals surface area contributed by atoms with Crippen molar-refractivity contribution in [1.82, 2.24) is 19.5 Å². The first-order chi connectivity index (χ1) is 15.3. The van der Waals surface area contributed by atoms with Gasteiger partial charge in [0.25, 0.3) is 5.89 Å². The van der Waals surface area contributed by atoms with E-state index in [-0.39, 0.29) is 12.4 Å². The van der Waals surface area contributed by atoms with Crippen molar-refractivity contribution in [2.24, 2.45) is 0 Å². The Morgan fingerprint density at radius 3 is 2.59 bits per heavy atom. The molecule has 1 saturated heterocycles. The van der Waals surface area contributed by atoms with Gasteiger partial charge in [0, 0.05) is 35.8 Å². The molecule has 170 valence electrons. The molecule has 0 N–H and O–H groups in total. The van der Waals surface area contributed by atoms with Crippen LogP contribution in [0.4, 0.5) is 14.5 Å². The molecule has 3 heterocycles. The van der Waals surface area contributed by atoms with Gasteiger partial charge in [0.15, 0.2) is 0 Å². The number of thioether (sulfide) groups is 1. The molecular weight excluding hydrogens is 484 g/mol. The minimum Gasteiger partial charge on any atom is -0.415 e. The third-order valence-electron chi connectivity index (χ3n) is 4.68. The molecule has 8 nitrogen and oxygen atoms in total. The quantitative estimate of drug-likeness (QED) is 0.482. The predicted molar refractivity (Wildman–Crippen MR) is 118 cm³/mol. The molecule has 0 unspecified atom stereocenters. The molecule has 13 heteroatoms. The van der Waals surface area contributed by atoms with Crippen LogP contribution in [0.2, 0.25) is 5.02 Å². The number of hydrogen-bond acceptors (Lipinski definition) is 7. The lowest BCUT2D eigenvalue weighted by Gasteiger charge is -2.33. The first-order valence-electron chi connectivity index (χ1n) is 9.52. The highest BCUT2D eigenvalue weighted by atomic mass is 35.5. The summed E-state index contributed by atoms with van der Waals surface area (Å²) in [4.78, 5) is 4.28. The van der Waals surface area contributed by atoms with Crippen LogP contribution in [0.15, 0.2) is 47.0 Å². The summed E-state index contributed by atoms with van der Waals surface area (Å²) in [5.74, 6) is 0.576. The van der Waals surface area contributed by atoms with Gasteiger partial charge in [0.05, 0.1) is 23.5 Å². The molecule has 0 atom stereocenters. The number of benzene rings is 1. The Labute approximate surface area is 192 Å². The lowest BCUT2D eigenvalue weighted by molar-refractivity contribution is 0.116. The molecule has 1 aromatic carbocycles. The van der Waals surface area contributed by atoms with Gasteiger partial charge in [0.2, 0.25) is 5.89 Å². The zero-order valence-corrected chi connectivity index (χ0v) is 19.0. The standard InChI is InChI=1S/C19H18ClF2N5O3S2/c20-14-2-1-3-16(10-14)27(32(28,29)26-6-8-31-9-7-26)12-15-5-4-13(11-23-15)18-24-25-19(30-18)17(21)22/h1-5,10-11,17H,6-9,12H2. The monoisotopic (exact) mass is 501 g/mol. The summed E-state index contributed by atoms with van der Waals surface area (Å²) >= 11 is 7.82. The van der Waals surface area contributed by atoms with Crippen molar-refractivity contribution >= 4 is 39.3 Å². The molecule has 1 aliphatic rings. The molecule has 32 heavy (non-hydrogen) atoms. The molecule has 4 rings (SSSR count). The van der Waals surface area contributed by atoms with E-state index in [1.807, 2.05) is 0 Å². The second-order valence-corrected chi connectivity index (χ2v) is 10.3. The molecule has 0 saturated carbocycles. The van der Waals surface area contributed by atoms with Crippen LogP contribution in [0, 0.1) is 0 Å². The largest absolute Gasteiger partial charge is 0.415 e. The van der Waals surface area contributed by atoms with E-state index < -0.39 is 22.5 Å². The van der Waals surface area contributed by atoms with E-state index in [4.69, 9.17) is 16.0 Å². The summed E-state index contributed by atoms with van der Waals surface area (Å²) in [6.07, 6.45) is -1.49. The van der Waals surface area contributed by atoms with Gasteiger partial charge < -0.3 is 4.42 Å². The molecule has 0 aliphatic carbocycles. The SMILES string of the molecule is O=S(=O)(N1CCSCC1)N(Cc1ccc(-c2nnc(C(F)F)o2)cn1)c1cccc(Cl)c1. The van der Waals surface area contributed by atoms with E-state index in [0.717, 1.165) is 11.5 Å². The second-order valence-electron chi connectivity index (χ2n) is 6.79. The third kappa shape index (κ3) is 5.03. The molecule has 1 fully saturated rings. The van der Waals surface area contributed by atoms with Crippen LogP contribution in [0.3, 0.4) is 0 Å². The normalized spacial score (nSPS) is 15.2. The maximum absolute atomic E-state index is 13.4. The summed E-state index contributed by atoms with van der Waals surface area (Å²) in [7, 11) is -3.83. The van der Waals surface area contributed by atoms with Crippen molar-refractivity contribution in [2.45, 2.75) is 13.0 Å². The van der Waals surface area contributed by atoms with E-state index in [1.165, 1.54) is 14.8 Å². The van der Waals surface area contributed by atoms with E-state index in [1.54, 1.807) is 48.2 Å². The fraction of sp³-hybridized carbons (Fsp3) is 0.316. The molecule has 0 radical (unpaired) electrons. The van der Waals surface area contributed by atoms with E-state index in [2.05, 4.69) is 15.2 Å². The van der Waals surface area contributed by atoms with Gasteiger partial charge in [-0.05, 0) is 30.3 Å². The number of hydrogen-bond donors (Lipinski definition) is 0. The summed E-state index contributed by atoms with van der Waals surface area (Å²) < 4.78 is 59.8. The van der Waals surface area contributed by atoms with Crippen LogP contribution in [-0.2, 0) is 16.8 Å². The topological polar surface area (TPSA) is 92.4 Å². The van der Waals surface area contributed by atoms with Crippen LogP contribution in [-0.4, -0.2) is 52.5 Å². The van der Waals surface area contributed by atoms with E-state index in [0.29, 0.717) is 35.1 Å². The van der Waals surface area contributed by atoms with Gasteiger partial charge in [-0.15, -0.1) is 10.2 Å². The summed E-state index contributed by atoms with van der Waals surface area (Å²) in [5.41, 5.74) is 1.20. The average Bonchev–Trinajstić information content (AvgIpc) is 3.29. The van der Waals surface area contributed by atoms with Crippen LogP contribution in [0.25, 0.3) is 11.5 Å². The van der Waals surface area contributed by atoms with Crippen molar-refractivity contribution in [1.29, 1.82) is 0 Å². The van der Waals surface area contributed by atoms with Gasteiger partial charge in [0.1, 0.15) is 0 Å². The minimum absolute atomic E-state index is 0.0429. The average molecular weight is 502 g/mol. The van der Waals surface area contributed by atoms with Crippen molar-refractivity contribution in [3.05, 3.63) is 59.2 Å². The summed E-state index contributed by atoms with van der Waals surface area (Å²) in [5, 5.41) is 7.29. The van der Waals surface area contributed by atoms with Crippen LogP contribution < -0.4 is 4.31 Å². The van der Waals surface area contributed by atoms with Gasteiger partial charge in [-0.25, -0.2) is 0 Å². The fourth-order valence-electron chi connectivity index (χ4n) is 3.09. The number of aromatic nitrogens is 3. The van der Waals surface area contributed by atoms with Gasteiger partial charge in [-0.3, -0.25) is 9.29 Å². The molecule has 1 aliphatic heterocycles. The smallest absolute Gasteiger partial charge is 0.314 e. The van der Waals surface area contributed by atoms with E-state index >= 15 is 0 Å². The molecular formula is C19H18ClF2N5O3S2. The van der Waals surface area contributed by atoms with Gasteiger partial charge in [-0.2, -0.15) is 33.3 Å². The van der Waals surface area contributed by atoms with Crippen molar-refractivity contribution in [3.8, 4) is 11.5 Å². The zero-order valence-electron chi connectivity index (χ0n) is 16.6. The van der Waals surface area contributed by atoms with Crippen LogP contribution in [0.5, 0.6) is 0 Å². The number of nitrogens with zero attached hydrogens (tertiary/aromatic N) is 5. The number of rotatable bonds is 7. The maximum Gasteiger partial charge on any atom is 0.314 e. The second kappa shape index (κ2) is 9.69. The van der Waals surface area contributed by atoms with Crippen LogP contribution in [0.1, 0.15) is 18.0 Å². The Balaban J connectivity index is 1.62. The number of pyridine rings is 1. The Morgan fingerprint density at radius 2 is 1.97 bits per heavy atom. The van der Waals surface area contributed by atoms with Crippen LogP contribution >= 0.6 is 23.4 Å². The molecule has 2 aromatic heterocycles. The molecule has 0 amide bonds. The first-order valence-corrected chi connectivity index (χ1v) is 12.5. The summed E-state index contributed by atoms with van der Waals surface area (Å²) in [6, 6.07) is 9.74. The fourth-order valence-corrected chi connectivity index (χ4v) is 6.00. The first kappa shape index (κ1) is 22.9. The Kier molecular flexibility index (Phi) is 6.93. The van der Waals surface area contributed by atoms with Crippen molar-refractivity contribution in [2.75, 3.05) is 28.9 Å². The van der Waals surface area contributed by atoms with Gasteiger partial charge in [-0.1, -0.05) is 17.7 Å². The molecule has 0 spiro atoms. The molecule has 3 aromatic rings. The van der Waals surface area contributed by atoms with Gasteiger partial charge >= 0.3 is 16.6 Å². The number of anilines is 1. The molecule has 0 bridgehead atoms. The van der Waals surface area contributed by atoms with Crippen molar-refractivity contribution < 1.29 is 21.6 Å². The third-order valence-corrected chi connectivity index (χ3v) is 7.77.